The first-order valence-electron chi connectivity index (χ1n) is 5.81. The minimum atomic E-state index is -1.06. The van der Waals surface area contributed by atoms with Gasteiger partial charge in [0.05, 0.1) is 5.69 Å². The number of carboxylic acid groups (broad SMARTS) is 1. The summed E-state index contributed by atoms with van der Waals surface area (Å²) in [6.45, 7) is 3.91. The molecule has 0 aliphatic heterocycles. The van der Waals surface area contributed by atoms with Crippen LogP contribution in [0.25, 0.3) is 0 Å². The van der Waals surface area contributed by atoms with Gasteiger partial charge in [-0.05, 0) is 19.9 Å². The standard InChI is InChI=1S/C13H15N3O3/c1-8-12(9(2)16(3)15-8)19-7-10-5-4-6-14-11(10)13(17)18/h4-6H,7H2,1-3H3,(H,17,18). The van der Waals surface area contributed by atoms with E-state index < -0.39 is 5.97 Å². The number of hydrogen-bond acceptors (Lipinski definition) is 4. The van der Waals surface area contributed by atoms with Crippen molar-refractivity contribution in [1.82, 2.24) is 14.8 Å². The minimum absolute atomic E-state index is 0.0155. The number of rotatable bonds is 4. The van der Waals surface area contributed by atoms with Gasteiger partial charge < -0.3 is 9.84 Å². The zero-order valence-corrected chi connectivity index (χ0v) is 11.0. The van der Waals surface area contributed by atoms with Crippen LogP contribution in [0.1, 0.15) is 27.4 Å². The van der Waals surface area contributed by atoms with Crippen molar-refractivity contribution in [1.29, 1.82) is 0 Å². The van der Waals surface area contributed by atoms with Gasteiger partial charge in [-0.25, -0.2) is 9.78 Å². The van der Waals surface area contributed by atoms with Crippen molar-refractivity contribution in [2.45, 2.75) is 20.5 Å². The van der Waals surface area contributed by atoms with E-state index in [1.807, 2.05) is 20.9 Å². The number of aryl methyl sites for hydroxylation is 2. The Hall–Kier alpha value is -2.37. The summed E-state index contributed by atoms with van der Waals surface area (Å²) in [7, 11) is 1.84. The zero-order valence-electron chi connectivity index (χ0n) is 11.0. The minimum Gasteiger partial charge on any atom is -0.485 e. The fraction of sp³-hybridized carbons (Fsp3) is 0.308. The maximum Gasteiger partial charge on any atom is 0.354 e. The smallest absolute Gasteiger partial charge is 0.354 e. The summed E-state index contributed by atoms with van der Waals surface area (Å²) in [4.78, 5) is 14.9. The molecule has 2 heterocycles. The zero-order chi connectivity index (χ0) is 14.0. The van der Waals surface area contributed by atoms with Crippen molar-refractivity contribution >= 4 is 5.97 Å². The van der Waals surface area contributed by atoms with E-state index in [4.69, 9.17) is 9.84 Å². The summed E-state index contributed by atoms with van der Waals surface area (Å²) < 4.78 is 7.41. The Balaban J connectivity index is 2.22. The highest BCUT2D eigenvalue weighted by Crippen LogP contribution is 2.22. The van der Waals surface area contributed by atoms with Crippen LogP contribution in [0.3, 0.4) is 0 Å². The van der Waals surface area contributed by atoms with Crippen LogP contribution in [0.15, 0.2) is 18.3 Å². The third-order valence-electron chi connectivity index (χ3n) is 2.91. The summed E-state index contributed by atoms with van der Waals surface area (Å²) in [5.41, 5.74) is 2.23. The summed E-state index contributed by atoms with van der Waals surface area (Å²) in [5, 5.41) is 13.3. The first-order valence-corrected chi connectivity index (χ1v) is 5.81. The van der Waals surface area contributed by atoms with Gasteiger partial charge in [-0.3, -0.25) is 4.68 Å². The Morgan fingerprint density at radius 2 is 2.21 bits per heavy atom. The van der Waals surface area contributed by atoms with Crippen LogP contribution in [0.4, 0.5) is 0 Å². The van der Waals surface area contributed by atoms with Gasteiger partial charge in [0.2, 0.25) is 0 Å². The van der Waals surface area contributed by atoms with Crippen LogP contribution in [0.5, 0.6) is 5.75 Å². The molecule has 1 N–H and O–H groups in total. The number of carboxylic acids is 1. The Labute approximate surface area is 110 Å². The monoisotopic (exact) mass is 261 g/mol. The van der Waals surface area contributed by atoms with Crippen molar-refractivity contribution in [3.05, 3.63) is 41.0 Å². The molecule has 0 radical (unpaired) electrons. The fourth-order valence-electron chi connectivity index (χ4n) is 1.86. The fourth-order valence-corrected chi connectivity index (χ4v) is 1.86. The summed E-state index contributed by atoms with van der Waals surface area (Å²) in [6.07, 6.45) is 1.45. The molecule has 0 fully saturated rings. The second-order valence-corrected chi connectivity index (χ2v) is 4.23. The van der Waals surface area contributed by atoms with Gasteiger partial charge >= 0.3 is 5.97 Å². The molecule has 0 amide bonds. The summed E-state index contributed by atoms with van der Waals surface area (Å²) in [5.74, 6) is -0.374. The van der Waals surface area contributed by atoms with Crippen LogP contribution < -0.4 is 4.74 Å². The molecule has 2 aromatic rings. The van der Waals surface area contributed by atoms with Gasteiger partial charge in [0.15, 0.2) is 11.4 Å². The molecule has 2 rings (SSSR count). The quantitative estimate of drug-likeness (QED) is 0.906. The maximum absolute atomic E-state index is 11.0. The van der Waals surface area contributed by atoms with E-state index in [0.29, 0.717) is 11.3 Å². The van der Waals surface area contributed by atoms with Gasteiger partial charge in [-0.1, -0.05) is 6.07 Å². The SMILES string of the molecule is Cc1nn(C)c(C)c1OCc1cccnc1C(=O)O. The molecule has 0 unspecified atom stereocenters. The van der Waals surface area contributed by atoms with Crippen LogP contribution in [0, 0.1) is 13.8 Å². The lowest BCUT2D eigenvalue weighted by atomic mass is 10.2. The Morgan fingerprint density at radius 3 is 2.79 bits per heavy atom. The predicted molar refractivity (Wildman–Crippen MR) is 68.2 cm³/mol. The van der Waals surface area contributed by atoms with E-state index in [-0.39, 0.29) is 12.3 Å². The Morgan fingerprint density at radius 1 is 1.47 bits per heavy atom. The van der Waals surface area contributed by atoms with E-state index in [2.05, 4.69) is 10.1 Å². The third-order valence-corrected chi connectivity index (χ3v) is 2.91. The number of hydrogen-bond donors (Lipinski definition) is 1. The van der Waals surface area contributed by atoms with E-state index in [1.54, 1.807) is 16.8 Å². The second kappa shape index (κ2) is 5.09. The summed E-state index contributed by atoms with van der Waals surface area (Å²) in [6, 6.07) is 3.38. The highest BCUT2D eigenvalue weighted by molar-refractivity contribution is 5.86. The molecular weight excluding hydrogens is 246 g/mol. The first kappa shape index (κ1) is 13.1. The van der Waals surface area contributed by atoms with Crippen molar-refractivity contribution in [3.8, 4) is 5.75 Å². The maximum atomic E-state index is 11.0. The molecule has 0 saturated heterocycles. The van der Waals surface area contributed by atoms with Crippen LogP contribution >= 0.6 is 0 Å². The molecule has 0 atom stereocenters. The molecule has 19 heavy (non-hydrogen) atoms. The lowest BCUT2D eigenvalue weighted by Crippen LogP contribution is -2.08. The topological polar surface area (TPSA) is 77.2 Å². The highest BCUT2D eigenvalue weighted by atomic mass is 16.5. The van der Waals surface area contributed by atoms with Crippen LogP contribution in [0.2, 0.25) is 0 Å². The predicted octanol–water partition coefficient (Wildman–Crippen LogP) is 1.71. The van der Waals surface area contributed by atoms with Crippen molar-refractivity contribution in [2.24, 2.45) is 7.05 Å². The largest absolute Gasteiger partial charge is 0.485 e. The van der Waals surface area contributed by atoms with E-state index in [0.717, 1.165) is 11.4 Å². The molecule has 6 heteroatoms. The molecule has 0 aliphatic carbocycles. The number of ether oxygens (including phenoxy) is 1. The third kappa shape index (κ3) is 2.57. The molecule has 6 nitrogen and oxygen atoms in total. The average molecular weight is 261 g/mol. The van der Waals surface area contributed by atoms with Crippen molar-refractivity contribution < 1.29 is 14.6 Å². The van der Waals surface area contributed by atoms with Crippen LogP contribution in [-0.4, -0.2) is 25.8 Å². The second-order valence-electron chi connectivity index (χ2n) is 4.23. The molecule has 100 valence electrons. The van der Waals surface area contributed by atoms with Gasteiger partial charge in [0, 0.05) is 18.8 Å². The number of nitrogens with zero attached hydrogens (tertiary/aromatic N) is 3. The number of pyridine rings is 1. The van der Waals surface area contributed by atoms with Crippen LogP contribution in [-0.2, 0) is 13.7 Å². The van der Waals surface area contributed by atoms with Gasteiger partial charge in [-0.2, -0.15) is 5.10 Å². The highest BCUT2D eigenvalue weighted by Gasteiger charge is 2.14. The molecule has 0 aromatic carbocycles. The molecular formula is C13H15N3O3. The van der Waals surface area contributed by atoms with Gasteiger partial charge in [0.1, 0.15) is 12.3 Å². The van der Waals surface area contributed by atoms with Gasteiger partial charge in [0.25, 0.3) is 0 Å². The molecule has 0 spiro atoms. The number of aromatic carboxylic acids is 1. The summed E-state index contributed by atoms with van der Waals surface area (Å²) >= 11 is 0. The Kier molecular flexibility index (Phi) is 3.50. The molecule has 0 saturated carbocycles. The van der Waals surface area contributed by atoms with E-state index >= 15 is 0 Å². The lowest BCUT2D eigenvalue weighted by Gasteiger charge is -2.08. The van der Waals surface area contributed by atoms with Gasteiger partial charge in [-0.15, -0.1) is 0 Å². The normalized spacial score (nSPS) is 10.5. The van der Waals surface area contributed by atoms with E-state index in [1.165, 1.54) is 6.20 Å². The molecule has 2 aromatic heterocycles. The average Bonchev–Trinajstić information content (AvgIpc) is 2.61. The number of carbonyl (C=O) groups is 1. The lowest BCUT2D eigenvalue weighted by molar-refractivity contribution is 0.0687. The number of aromatic nitrogens is 3. The van der Waals surface area contributed by atoms with Crippen molar-refractivity contribution in [2.75, 3.05) is 0 Å². The van der Waals surface area contributed by atoms with Crippen molar-refractivity contribution in [3.63, 3.8) is 0 Å². The van der Waals surface area contributed by atoms with E-state index in [9.17, 15) is 4.79 Å². The molecule has 0 bridgehead atoms. The molecule has 0 aliphatic rings. The first-order chi connectivity index (χ1) is 9.00. The Bertz CT molecular complexity index is 620.